The molecule has 0 aliphatic carbocycles. The van der Waals surface area contributed by atoms with Gasteiger partial charge in [0.2, 0.25) is 21.8 Å². The first-order valence-electron chi connectivity index (χ1n) is 8.86. The van der Waals surface area contributed by atoms with E-state index in [2.05, 4.69) is 15.4 Å². The Morgan fingerprint density at radius 3 is 1.82 bits per heavy atom. The lowest BCUT2D eigenvalue weighted by molar-refractivity contribution is -0.118. The predicted octanol–water partition coefficient (Wildman–Crippen LogP) is 2.90. The number of amides is 2. The predicted molar refractivity (Wildman–Crippen MR) is 110 cm³/mol. The molecule has 0 radical (unpaired) electrons. The van der Waals surface area contributed by atoms with Crippen LogP contribution < -0.4 is 15.4 Å². The smallest absolute Gasteiger partial charge is 0.242 e. The fourth-order valence-corrected chi connectivity index (χ4v) is 3.85. The molecular formula is C20H25N3O4S. The van der Waals surface area contributed by atoms with Crippen LogP contribution in [0.3, 0.4) is 0 Å². The topological polar surface area (TPSA) is 104 Å². The van der Waals surface area contributed by atoms with Crippen LogP contribution in [0.15, 0.2) is 53.4 Å². The lowest BCUT2D eigenvalue weighted by Gasteiger charge is -2.22. The van der Waals surface area contributed by atoms with Crippen LogP contribution in [0.1, 0.15) is 26.3 Å². The van der Waals surface area contributed by atoms with Gasteiger partial charge < -0.3 is 10.6 Å². The Morgan fingerprint density at radius 1 is 0.857 bits per heavy atom. The average molecular weight is 404 g/mol. The second-order valence-electron chi connectivity index (χ2n) is 6.90. The van der Waals surface area contributed by atoms with Crippen molar-refractivity contribution in [2.75, 3.05) is 10.6 Å². The van der Waals surface area contributed by atoms with Gasteiger partial charge in [0.1, 0.15) is 6.04 Å². The third kappa shape index (κ3) is 5.90. The van der Waals surface area contributed by atoms with E-state index in [0.717, 1.165) is 5.56 Å². The highest BCUT2D eigenvalue weighted by molar-refractivity contribution is 7.89. The van der Waals surface area contributed by atoms with E-state index in [1.165, 1.54) is 19.1 Å². The Kier molecular flexibility index (Phi) is 6.93. The summed E-state index contributed by atoms with van der Waals surface area (Å²) in [6, 6.07) is 12.0. The van der Waals surface area contributed by atoms with Gasteiger partial charge in [-0.1, -0.05) is 31.5 Å². The third-order valence-corrected chi connectivity index (χ3v) is 5.49. The van der Waals surface area contributed by atoms with Gasteiger partial charge in [0.25, 0.3) is 0 Å². The van der Waals surface area contributed by atoms with Crippen LogP contribution in [0.2, 0.25) is 0 Å². The Hall–Kier alpha value is -2.71. The van der Waals surface area contributed by atoms with Gasteiger partial charge >= 0.3 is 0 Å². The molecule has 2 aromatic carbocycles. The Morgan fingerprint density at radius 2 is 1.36 bits per heavy atom. The van der Waals surface area contributed by atoms with Crippen molar-refractivity contribution in [3.63, 3.8) is 0 Å². The minimum absolute atomic E-state index is 0.108. The number of nitrogens with one attached hydrogen (secondary N) is 3. The molecule has 150 valence electrons. The van der Waals surface area contributed by atoms with Gasteiger partial charge in [-0.05, 0) is 49.2 Å². The molecule has 0 aliphatic heterocycles. The van der Waals surface area contributed by atoms with Crippen LogP contribution in [-0.2, 0) is 19.6 Å². The number of aryl methyl sites for hydroxylation is 1. The van der Waals surface area contributed by atoms with Crippen LogP contribution in [0.25, 0.3) is 0 Å². The van der Waals surface area contributed by atoms with E-state index in [9.17, 15) is 18.0 Å². The molecule has 3 N–H and O–H groups in total. The molecule has 0 heterocycles. The van der Waals surface area contributed by atoms with E-state index >= 15 is 0 Å². The van der Waals surface area contributed by atoms with E-state index in [-0.39, 0.29) is 16.7 Å². The quantitative estimate of drug-likeness (QED) is 0.661. The number of hydrogen-bond donors (Lipinski definition) is 3. The lowest BCUT2D eigenvalue weighted by atomic mass is 10.0. The minimum Gasteiger partial charge on any atom is -0.326 e. The Balaban J connectivity index is 2.13. The monoisotopic (exact) mass is 403 g/mol. The van der Waals surface area contributed by atoms with E-state index in [1.54, 1.807) is 50.2 Å². The van der Waals surface area contributed by atoms with Gasteiger partial charge in [-0.25, -0.2) is 8.42 Å². The zero-order chi connectivity index (χ0) is 20.9. The summed E-state index contributed by atoms with van der Waals surface area (Å²) >= 11 is 0. The van der Waals surface area contributed by atoms with E-state index in [0.29, 0.717) is 11.4 Å². The first-order chi connectivity index (χ1) is 13.1. The van der Waals surface area contributed by atoms with Crippen LogP contribution in [0, 0.1) is 12.8 Å². The SMILES string of the molecule is CC(=O)Nc1ccc(NC(=O)C(NS(=O)(=O)c2ccc(C)cc2)C(C)C)cc1. The summed E-state index contributed by atoms with van der Waals surface area (Å²) in [4.78, 5) is 23.8. The van der Waals surface area contributed by atoms with Crippen molar-refractivity contribution in [3.8, 4) is 0 Å². The highest BCUT2D eigenvalue weighted by atomic mass is 32.2. The second kappa shape index (κ2) is 8.99. The summed E-state index contributed by atoms with van der Waals surface area (Å²) in [5.41, 5.74) is 2.05. The minimum atomic E-state index is -3.84. The number of benzene rings is 2. The molecule has 28 heavy (non-hydrogen) atoms. The largest absolute Gasteiger partial charge is 0.326 e. The molecule has 0 aromatic heterocycles. The van der Waals surface area contributed by atoms with Crippen molar-refractivity contribution in [1.29, 1.82) is 0 Å². The summed E-state index contributed by atoms with van der Waals surface area (Å²) in [5, 5.41) is 5.34. The fourth-order valence-electron chi connectivity index (χ4n) is 2.51. The Bertz CT molecular complexity index is 936. The van der Waals surface area contributed by atoms with Gasteiger partial charge in [0, 0.05) is 18.3 Å². The molecule has 2 amide bonds. The van der Waals surface area contributed by atoms with Crippen molar-refractivity contribution in [1.82, 2.24) is 4.72 Å². The normalized spacial score (nSPS) is 12.5. The van der Waals surface area contributed by atoms with Gasteiger partial charge in [0.05, 0.1) is 4.90 Å². The molecule has 2 aromatic rings. The first-order valence-corrected chi connectivity index (χ1v) is 10.3. The van der Waals surface area contributed by atoms with Crippen LogP contribution >= 0.6 is 0 Å². The van der Waals surface area contributed by atoms with Gasteiger partial charge in [-0.3, -0.25) is 9.59 Å². The fraction of sp³-hybridized carbons (Fsp3) is 0.300. The summed E-state index contributed by atoms with van der Waals surface area (Å²) in [7, 11) is -3.84. The van der Waals surface area contributed by atoms with E-state index in [4.69, 9.17) is 0 Å². The van der Waals surface area contributed by atoms with Crippen LogP contribution in [0.5, 0.6) is 0 Å². The van der Waals surface area contributed by atoms with Gasteiger partial charge in [0.15, 0.2) is 0 Å². The molecule has 0 spiro atoms. The van der Waals surface area contributed by atoms with Crippen molar-refractivity contribution in [2.24, 2.45) is 5.92 Å². The summed E-state index contributed by atoms with van der Waals surface area (Å²) < 4.78 is 27.8. The number of carbonyl (C=O) groups is 2. The molecule has 8 heteroatoms. The average Bonchev–Trinajstić information content (AvgIpc) is 2.61. The van der Waals surface area contributed by atoms with Crippen LogP contribution in [0.4, 0.5) is 11.4 Å². The summed E-state index contributed by atoms with van der Waals surface area (Å²) in [6.07, 6.45) is 0. The number of anilines is 2. The summed E-state index contributed by atoms with van der Waals surface area (Å²) in [5.74, 6) is -0.918. The maximum atomic E-state index is 12.7. The molecule has 1 unspecified atom stereocenters. The van der Waals surface area contributed by atoms with Gasteiger partial charge in [-0.15, -0.1) is 0 Å². The molecule has 2 rings (SSSR count). The highest BCUT2D eigenvalue weighted by Gasteiger charge is 2.28. The molecule has 7 nitrogen and oxygen atoms in total. The molecule has 0 bridgehead atoms. The maximum absolute atomic E-state index is 12.7. The second-order valence-corrected chi connectivity index (χ2v) is 8.62. The standard InChI is InChI=1S/C20H25N3O4S/c1-13(2)19(23-28(26,27)18-11-5-14(3)6-12-18)20(25)22-17-9-7-16(8-10-17)21-15(4)24/h5-13,19,23H,1-4H3,(H,21,24)(H,22,25). The van der Waals surface area contributed by atoms with Crippen molar-refractivity contribution in [3.05, 3.63) is 54.1 Å². The van der Waals surface area contributed by atoms with Crippen molar-refractivity contribution >= 4 is 33.2 Å². The number of hydrogen-bond acceptors (Lipinski definition) is 4. The van der Waals surface area contributed by atoms with E-state index < -0.39 is 22.0 Å². The molecule has 0 saturated carbocycles. The lowest BCUT2D eigenvalue weighted by Crippen LogP contribution is -2.47. The Labute approximate surface area is 165 Å². The molecule has 0 fully saturated rings. The van der Waals surface area contributed by atoms with Gasteiger partial charge in [-0.2, -0.15) is 4.72 Å². The maximum Gasteiger partial charge on any atom is 0.242 e. The van der Waals surface area contributed by atoms with Crippen molar-refractivity contribution in [2.45, 2.75) is 38.6 Å². The van der Waals surface area contributed by atoms with Crippen LogP contribution in [-0.4, -0.2) is 26.3 Å². The molecule has 0 saturated heterocycles. The highest BCUT2D eigenvalue weighted by Crippen LogP contribution is 2.17. The number of sulfonamides is 1. The molecule has 1 atom stereocenters. The van der Waals surface area contributed by atoms with E-state index in [1.807, 2.05) is 6.92 Å². The van der Waals surface area contributed by atoms with Crippen molar-refractivity contribution < 1.29 is 18.0 Å². The molecule has 0 aliphatic rings. The number of rotatable bonds is 7. The number of carbonyl (C=O) groups excluding carboxylic acids is 2. The first kappa shape index (κ1) is 21.6. The summed E-state index contributed by atoms with van der Waals surface area (Å²) in [6.45, 7) is 6.80. The zero-order valence-electron chi connectivity index (χ0n) is 16.3. The molecular weight excluding hydrogens is 378 g/mol. The zero-order valence-corrected chi connectivity index (χ0v) is 17.1. The third-order valence-electron chi connectivity index (χ3n) is 4.04.